The first kappa shape index (κ1) is 24.5. The van der Waals surface area contributed by atoms with Crippen LogP contribution in [0.3, 0.4) is 0 Å². The molecule has 4 N–H and O–H groups in total. The van der Waals surface area contributed by atoms with E-state index in [-0.39, 0.29) is 30.7 Å². The van der Waals surface area contributed by atoms with E-state index in [1.54, 1.807) is 31.4 Å². The highest BCUT2D eigenvalue weighted by Crippen LogP contribution is 2.29. The van der Waals surface area contributed by atoms with E-state index in [9.17, 15) is 18.0 Å². The molecule has 0 saturated carbocycles. The van der Waals surface area contributed by atoms with Gasteiger partial charge < -0.3 is 30.4 Å². The Labute approximate surface area is 198 Å². The number of fused-ring (bicyclic) bond motifs is 1. The lowest BCUT2D eigenvalue weighted by Gasteiger charge is -2.35. The fourth-order valence-corrected chi connectivity index (χ4v) is 3.65. The largest absolute Gasteiger partial charge is 0.436 e. The maximum absolute atomic E-state index is 12.7. The Hall–Kier alpha value is -3.65. The van der Waals surface area contributed by atoms with E-state index in [4.69, 9.17) is 15.2 Å². The van der Waals surface area contributed by atoms with Crippen LogP contribution in [0.15, 0.2) is 29.1 Å². The van der Waals surface area contributed by atoms with E-state index >= 15 is 0 Å². The Morgan fingerprint density at radius 2 is 1.94 bits per heavy atom. The number of piperazine rings is 1. The first-order chi connectivity index (χ1) is 16.7. The zero-order valence-electron chi connectivity index (χ0n) is 18.9. The number of para-hydroxylation sites is 1. The van der Waals surface area contributed by atoms with Crippen molar-refractivity contribution in [1.29, 1.82) is 0 Å². The molecule has 14 heteroatoms. The molecule has 0 spiro atoms. The first-order valence-electron chi connectivity index (χ1n) is 10.8. The molecule has 4 rings (SSSR count). The van der Waals surface area contributed by atoms with Crippen molar-refractivity contribution >= 4 is 28.6 Å². The van der Waals surface area contributed by atoms with Crippen LogP contribution in [0.2, 0.25) is 0 Å². The Kier molecular flexibility index (Phi) is 7.21. The minimum absolute atomic E-state index is 0.187. The number of hydrogen-bond donors (Lipinski definition) is 3. The van der Waals surface area contributed by atoms with Gasteiger partial charge in [0.05, 0.1) is 18.7 Å². The van der Waals surface area contributed by atoms with Crippen LogP contribution in [0.25, 0.3) is 11.0 Å². The van der Waals surface area contributed by atoms with Gasteiger partial charge in [0.1, 0.15) is 11.3 Å². The Morgan fingerprint density at radius 1 is 1.17 bits per heavy atom. The number of nitrogen functional groups attached to an aromatic ring is 1. The third-order valence-corrected chi connectivity index (χ3v) is 5.30. The second kappa shape index (κ2) is 10.3. The van der Waals surface area contributed by atoms with Crippen LogP contribution >= 0.6 is 0 Å². The molecule has 0 amide bonds. The lowest BCUT2D eigenvalue weighted by atomic mass is 10.3. The molecule has 35 heavy (non-hydrogen) atoms. The first-order valence-corrected chi connectivity index (χ1v) is 10.8. The van der Waals surface area contributed by atoms with Crippen molar-refractivity contribution in [2.24, 2.45) is 0 Å². The zero-order chi connectivity index (χ0) is 25.0. The van der Waals surface area contributed by atoms with Crippen LogP contribution in [-0.4, -0.2) is 84.0 Å². The van der Waals surface area contributed by atoms with E-state index in [1.165, 1.54) is 4.90 Å². The number of H-pyrrole nitrogens is 1. The van der Waals surface area contributed by atoms with E-state index in [2.05, 4.69) is 25.3 Å². The molecule has 1 aliphatic rings. The van der Waals surface area contributed by atoms with Crippen molar-refractivity contribution in [2.45, 2.75) is 6.18 Å². The standard InChI is InChI=1S/C21H25F3N8O3/c1-34-10-5-26-20-28-15(32-8-6-31(7-9-32)12-21(22,23)24)11-16(29-20)35-14-4-2-3-13-17(14)30-18(25)19(33)27-13/h2-4,11H,5-10,12H2,1H3,(H2,25,30)(H,27,33)(H,26,28,29). The summed E-state index contributed by atoms with van der Waals surface area (Å²) in [5, 5.41) is 3.05. The van der Waals surface area contributed by atoms with Gasteiger partial charge in [0.15, 0.2) is 11.6 Å². The quantitative estimate of drug-likeness (QED) is 0.398. The number of nitrogens with zero attached hydrogens (tertiary/aromatic N) is 5. The van der Waals surface area contributed by atoms with Crippen molar-refractivity contribution in [3.8, 4) is 11.6 Å². The summed E-state index contributed by atoms with van der Waals surface area (Å²) in [5.74, 6) is 1.08. The minimum atomic E-state index is -4.24. The van der Waals surface area contributed by atoms with Gasteiger partial charge in [0, 0.05) is 45.9 Å². The summed E-state index contributed by atoms with van der Waals surface area (Å²) < 4.78 is 49.3. The molecule has 188 valence electrons. The van der Waals surface area contributed by atoms with Crippen molar-refractivity contribution in [1.82, 2.24) is 24.8 Å². The Balaban J connectivity index is 1.60. The molecule has 1 aromatic carbocycles. The van der Waals surface area contributed by atoms with E-state index in [0.29, 0.717) is 48.8 Å². The number of anilines is 3. The molecule has 3 aromatic rings. The number of benzene rings is 1. The number of aromatic amines is 1. The predicted molar refractivity (Wildman–Crippen MR) is 124 cm³/mol. The molecule has 0 bridgehead atoms. The van der Waals surface area contributed by atoms with Gasteiger partial charge in [-0.2, -0.15) is 23.1 Å². The van der Waals surface area contributed by atoms with Gasteiger partial charge in [-0.3, -0.25) is 9.69 Å². The second-order valence-corrected chi connectivity index (χ2v) is 7.89. The number of ether oxygens (including phenoxy) is 2. The number of aromatic nitrogens is 4. The summed E-state index contributed by atoms with van der Waals surface area (Å²) in [4.78, 5) is 30.7. The molecular formula is C21H25F3N8O3. The number of methoxy groups -OCH3 is 1. The van der Waals surface area contributed by atoms with Crippen LogP contribution in [-0.2, 0) is 4.74 Å². The van der Waals surface area contributed by atoms with Crippen LogP contribution in [0, 0.1) is 0 Å². The molecule has 0 atom stereocenters. The highest BCUT2D eigenvalue weighted by atomic mass is 19.4. The van der Waals surface area contributed by atoms with Crippen LogP contribution < -0.4 is 26.2 Å². The summed E-state index contributed by atoms with van der Waals surface area (Å²) in [6.45, 7) is 1.11. The van der Waals surface area contributed by atoms with Crippen molar-refractivity contribution < 1.29 is 22.6 Å². The second-order valence-electron chi connectivity index (χ2n) is 7.89. The van der Waals surface area contributed by atoms with Crippen LogP contribution in [0.1, 0.15) is 0 Å². The molecule has 1 aliphatic heterocycles. The molecular weight excluding hydrogens is 469 g/mol. The minimum Gasteiger partial charge on any atom is -0.436 e. The topological polar surface area (TPSA) is 135 Å². The highest BCUT2D eigenvalue weighted by Gasteiger charge is 2.32. The molecule has 1 saturated heterocycles. The third-order valence-electron chi connectivity index (χ3n) is 5.30. The smallest absolute Gasteiger partial charge is 0.401 e. The van der Waals surface area contributed by atoms with Crippen molar-refractivity contribution in [3.63, 3.8) is 0 Å². The number of rotatable bonds is 8. The summed E-state index contributed by atoms with van der Waals surface area (Å²) in [6, 6.07) is 6.61. The molecule has 1 fully saturated rings. The molecule has 0 radical (unpaired) electrons. The highest BCUT2D eigenvalue weighted by molar-refractivity contribution is 5.82. The maximum Gasteiger partial charge on any atom is 0.401 e. The van der Waals surface area contributed by atoms with Gasteiger partial charge in [-0.25, -0.2) is 4.98 Å². The molecule has 3 heterocycles. The van der Waals surface area contributed by atoms with Gasteiger partial charge in [-0.1, -0.05) is 6.07 Å². The molecule has 0 aliphatic carbocycles. The fourth-order valence-electron chi connectivity index (χ4n) is 3.65. The predicted octanol–water partition coefficient (Wildman–Crippen LogP) is 1.83. The van der Waals surface area contributed by atoms with Crippen LogP contribution in [0.5, 0.6) is 11.6 Å². The van der Waals surface area contributed by atoms with Crippen LogP contribution in [0.4, 0.5) is 30.8 Å². The summed E-state index contributed by atoms with van der Waals surface area (Å²) in [6.07, 6.45) is -4.24. The molecule has 0 unspecified atom stereocenters. The van der Waals surface area contributed by atoms with Gasteiger partial charge in [0.25, 0.3) is 5.56 Å². The molecule has 2 aromatic heterocycles. The molecule has 11 nitrogen and oxygen atoms in total. The van der Waals surface area contributed by atoms with E-state index in [0.717, 1.165) is 0 Å². The van der Waals surface area contributed by atoms with Gasteiger partial charge in [-0.15, -0.1) is 0 Å². The number of hydrogen-bond acceptors (Lipinski definition) is 10. The SMILES string of the molecule is COCCNc1nc(Oc2cccc3[nH]c(=O)c(N)nc23)cc(N2CCN(CC(F)(F)F)CC2)n1. The third kappa shape index (κ3) is 6.27. The van der Waals surface area contributed by atoms with Gasteiger partial charge >= 0.3 is 6.18 Å². The lowest BCUT2D eigenvalue weighted by Crippen LogP contribution is -2.49. The fraction of sp³-hybridized carbons (Fsp3) is 0.429. The van der Waals surface area contributed by atoms with Gasteiger partial charge in [-0.05, 0) is 12.1 Å². The number of halogens is 3. The zero-order valence-corrected chi connectivity index (χ0v) is 18.9. The normalized spacial score (nSPS) is 14.9. The van der Waals surface area contributed by atoms with E-state index < -0.39 is 18.3 Å². The number of alkyl halides is 3. The number of nitrogens with one attached hydrogen (secondary N) is 2. The van der Waals surface area contributed by atoms with Crippen molar-refractivity contribution in [2.75, 3.05) is 68.9 Å². The summed E-state index contributed by atoms with van der Waals surface area (Å²) in [5.41, 5.74) is 5.95. The number of nitrogens with two attached hydrogens (primary N) is 1. The lowest BCUT2D eigenvalue weighted by molar-refractivity contribution is -0.146. The van der Waals surface area contributed by atoms with Crippen molar-refractivity contribution in [3.05, 3.63) is 34.6 Å². The van der Waals surface area contributed by atoms with Gasteiger partial charge in [0.2, 0.25) is 11.8 Å². The Morgan fingerprint density at radius 3 is 2.66 bits per heavy atom. The average molecular weight is 494 g/mol. The Bertz CT molecular complexity index is 1230. The van der Waals surface area contributed by atoms with E-state index in [1.807, 2.05) is 4.90 Å². The summed E-state index contributed by atoms with van der Waals surface area (Å²) in [7, 11) is 1.57. The summed E-state index contributed by atoms with van der Waals surface area (Å²) >= 11 is 0. The maximum atomic E-state index is 12.7. The monoisotopic (exact) mass is 494 g/mol. The average Bonchev–Trinajstić information content (AvgIpc) is 2.80.